The maximum Gasteiger partial charge on any atom is 0.158 e. The highest BCUT2D eigenvalue weighted by atomic mass is 15.4. The van der Waals surface area contributed by atoms with Crippen molar-refractivity contribution in [1.29, 1.82) is 0 Å². The fraction of sp³-hybridized carbons (Fsp3) is 0.0714. The molecule has 0 atom stereocenters. The Labute approximate surface area is 114 Å². The third kappa shape index (κ3) is 1.48. The van der Waals surface area contributed by atoms with Gasteiger partial charge >= 0.3 is 0 Å². The van der Waals surface area contributed by atoms with E-state index in [-0.39, 0.29) is 0 Å². The van der Waals surface area contributed by atoms with Gasteiger partial charge in [0.2, 0.25) is 0 Å². The van der Waals surface area contributed by atoms with Gasteiger partial charge in [0.05, 0.1) is 11.7 Å². The van der Waals surface area contributed by atoms with E-state index in [9.17, 15) is 0 Å². The quantitative estimate of drug-likeness (QED) is 0.533. The molecule has 0 saturated heterocycles. The minimum Gasteiger partial charge on any atom is -0.399 e. The molecule has 0 aliphatic carbocycles. The summed E-state index contributed by atoms with van der Waals surface area (Å²) in [5, 5.41) is 9.74. The summed E-state index contributed by atoms with van der Waals surface area (Å²) in [7, 11) is 0. The molecule has 4 rings (SSSR count). The normalized spacial score (nSPS) is 11.4. The molecule has 0 aliphatic rings. The van der Waals surface area contributed by atoms with E-state index in [1.807, 2.05) is 48.1 Å². The number of pyridine rings is 1. The van der Waals surface area contributed by atoms with Crippen molar-refractivity contribution in [3.63, 3.8) is 0 Å². The van der Waals surface area contributed by atoms with Crippen LogP contribution < -0.4 is 5.73 Å². The molecule has 4 aromatic rings. The zero-order chi connectivity index (χ0) is 13.7. The lowest BCUT2D eigenvalue weighted by molar-refractivity contribution is 0.806. The number of hydrogen-bond acceptors (Lipinski definition) is 4. The van der Waals surface area contributed by atoms with E-state index in [1.54, 1.807) is 10.8 Å². The van der Waals surface area contributed by atoms with Crippen LogP contribution in [0, 0.1) is 6.92 Å². The summed E-state index contributed by atoms with van der Waals surface area (Å²) in [6.07, 6.45) is 3.36. The molecule has 6 heteroatoms. The summed E-state index contributed by atoms with van der Waals surface area (Å²) in [5.41, 5.74) is 9.44. The number of rotatable bonds is 1. The first kappa shape index (κ1) is 11.0. The van der Waals surface area contributed by atoms with Gasteiger partial charge in [0.15, 0.2) is 11.5 Å². The Morgan fingerprint density at radius 2 is 2.00 bits per heavy atom. The number of fused-ring (bicyclic) bond motifs is 2. The molecule has 0 amide bonds. The molecule has 1 aromatic carbocycles. The van der Waals surface area contributed by atoms with Gasteiger partial charge in [0.1, 0.15) is 6.33 Å². The maximum absolute atomic E-state index is 5.88. The molecule has 98 valence electrons. The average Bonchev–Trinajstić information content (AvgIpc) is 3.03. The molecule has 3 heterocycles. The highest BCUT2D eigenvalue weighted by molar-refractivity contribution is 5.83. The lowest BCUT2D eigenvalue weighted by atomic mass is 10.2. The number of anilines is 1. The molecule has 2 N–H and O–H groups in total. The minimum atomic E-state index is 0.710. The monoisotopic (exact) mass is 264 g/mol. The highest BCUT2D eigenvalue weighted by Crippen LogP contribution is 2.21. The van der Waals surface area contributed by atoms with Crippen molar-refractivity contribution in [2.75, 3.05) is 5.73 Å². The zero-order valence-corrected chi connectivity index (χ0v) is 10.9. The first-order valence-electron chi connectivity index (χ1n) is 6.26. The van der Waals surface area contributed by atoms with Crippen LogP contribution in [0.25, 0.3) is 22.4 Å². The summed E-state index contributed by atoms with van der Waals surface area (Å²) < 4.78 is 3.60. The average molecular weight is 264 g/mol. The van der Waals surface area contributed by atoms with Crippen LogP contribution >= 0.6 is 0 Å². The molecule has 20 heavy (non-hydrogen) atoms. The Hall–Kier alpha value is -2.89. The van der Waals surface area contributed by atoms with Crippen molar-refractivity contribution in [2.45, 2.75) is 6.92 Å². The molecule has 0 saturated carbocycles. The van der Waals surface area contributed by atoms with Crippen LogP contribution in [-0.4, -0.2) is 24.4 Å². The van der Waals surface area contributed by atoms with Crippen molar-refractivity contribution in [1.82, 2.24) is 24.4 Å². The van der Waals surface area contributed by atoms with Crippen molar-refractivity contribution in [3.05, 3.63) is 48.4 Å². The van der Waals surface area contributed by atoms with Gasteiger partial charge in [-0.25, -0.2) is 9.67 Å². The minimum absolute atomic E-state index is 0.710. The molecule has 0 unspecified atom stereocenters. The van der Waals surface area contributed by atoms with Crippen LogP contribution in [0.5, 0.6) is 0 Å². The van der Waals surface area contributed by atoms with Gasteiger partial charge in [-0.2, -0.15) is 14.7 Å². The lowest BCUT2D eigenvalue weighted by Gasteiger charge is -2.07. The summed E-state index contributed by atoms with van der Waals surface area (Å²) in [6, 6.07) is 9.75. The molecular weight excluding hydrogens is 252 g/mol. The standard InChI is InChI=1S/C14H12N6/c1-9-4-13-16-8-18-20(13)14(5-9)19-12-6-11(15)3-2-10(12)7-17-19/h2-8H,15H2,1H3. The number of nitrogens with zero attached hydrogens (tertiary/aromatic N) is 5. The molecular formula is C14H12N6. The number of aromatic nitrogens is 5. The van der Waals surface area contributed by atoms with Crippen molar-refractivity contribution < 1.29 is 0 Å². The summed E-state index contributed by atoms with van der Waals surface area (Å²) >= 11 is 0. The van der Waals surface area contributed by atoms with Crippen LogP contribution in [-0.2, 0) is 0 Å². The Balaban J connectivity index is 2.10. The van der Waals surface area contributed by atoms with E-state index in [1.165, 1.54) is 0 Å². The highest BCUT2D eigenvalue weighted by Gasteiger charge is 2.10. The van der Waals surface area contributed by atoms with Gasteiger partial charge in [-0.1, -0.05) is 0 Å². The van der Waals surface area contributed by atoms with E-state index >= 15 is 0 Å². The number of nitrogen functional groups attached to an aromatic ring is 1. The van der Waals surface area contributed by atoms with Gasteiger partial charge in [-0.05, 0) is 42.8 Å². The second-order valence-corrected chi connectivity index (χ2v) is 4.80. The maximum atomic E-state index is 5.88. The predicted octanol–water partition coefficient (Wildman–Crippen LogP) is 1.96. The molecule has 3 aromatic heterocycles. The second-order valence-electron chi connectivity index (χ2n) is 4.80. The Morgan fingerprint density at radius 3 is 2.90 bits per heavy atom. The Bertz CT molecular complexity index is 933. The van der Waals surface area contributed by atoms with Gasteiger partial charge in [0.25, 0.3) is 0 Å². The number of hydrogen-bond donors (Lipinski definition) is 1. The molecule has 0 radical (unpaired) electrons. The predicted molar refractivity (Wildman–Crippen MR) is 76.8 cm³/mol. The van der Waals surface area contributed by atoms with Crippen LogP contribution in [0.1, 0.15) is 5.56 Å². The van der Waals surface area contributed by atoms with Gasteiger partial charge in [0, 0.05) is 11.1 Å². The fourth-order valence-corrected chi connectivity index (χ4v) is 2.40. The summed E-state index contributed by atoms with van der Waals surface area (Å²) in [6.45, 7) is 2.03. The van der Waals surface area contributed by atoms with Crippen LogP contribution in [0.4, 0.5) is 5.69 Å². The van der Waals surface area contributed by atoms with Gasteiger partial charge < -0.3 is 5.73 Å². The largest absolute Gasteiger partial charge is 0.399 e. The van der Waals surface area contributed by atoms with Crippen LogP contribution in [0.2, 0.25) is 0 Å². The third-order valence-corrected chi connectivity index (χ3v) is 3.32. The summed E-state index contributed by atoms with van der Waals surface area (Å²) in [5.74, 6) is 0.845. The van der Waals surface area contributed by atoms with E-state index in [0.717, 1.165) is 27.9 Å². The first-order valence-corrected chi connectivity index (χ1v) is 6.26. The molecule has 0 aliphatic heterocycles. The molecule has 0 bridgehead atoms. The number of benzene rings is 1. The SMILES string of the molecule is Cc1cc(-n2ncc3ccc(N)cc32)n2ncnc2c1. The molecule has 0 fully saturated rings. The van der Waals surface area contributed by atoms with E-state index < -0.39 is 0 Å². The number of aryl methyl sites for hydroxylation is 1. The lowest BCUT2D eigenvalue weighted by Crippen LogP contribution is -2.05. The van der Waals surface area contributed by atoms with Crippen LogP contribution in [0.15, 0.2) is 42.9 Å². The smallest absolute Gasteiger partial charge is 0.158 e. The first-order chi connectivity index (χ1) is 9.72. The molecule has 0 spiro atoms. The third-order valence-electron chi connectivity index (χ3n) is 3.32. The van der Waals surface area contributed by atoms with Crippen molar-refractivity contribution in [2.24, 2.45) is 0 Å². The zero-order valence-electron chi connectivity index (χ0n) is 10.9. The van der Waals surface area contributed by atoms with Gasteiger partial charge in [-0.15, -0.1) is 0 Å². The van der Waals surface area contributed by atoms with E-state index in [4.69, 9.17) is 5.73 Å². The Morgan fingerprint density at radius 1 is 1.10 bits per heavy atom. The molecule has 6 nitrogen and oxygen atoms in total. The second kappa shape index (κ2) is 3.80. The number of nitrogens with two attached hydrogens (primary N) is 1. The van der Waals surface area contributed by atoms with E-state index in [0.29, 0.717) is 5.69 Å². The van der Waals surface area contributed by atoms with E-state index in [2.05, 4.69) is 15.2 Å². The Kier molecular flexibility index (Phi) is 2.09. The summed E-state index contributed by atoms with van der Waals surface area (Å²) in [4.78, 5) is 4.23. The topological polar surface area (TPSA) is 74.0 Å². The van der Waals surface area contributed by atoms with Crippen molar-refractivity contribution in [3.8, 4) is 5.82 Å². The van der Waals surface area contributed by atoms with Crippen LogP contribution in [0.3, 0.4) is 0 Å². The fourth-order valence-electron chi connectivity index (χ4n) is 2.40. The van der Waals surface area contributed by atoms with Crippen molar-refractivity contribution >= 4 is 22.2 Å². The van der Waals surface area contributed by atoms with Gasteiger partial charge in [-0.3, -0.25) is 0 Å².